The lowest BCUT2D eigenvalue weighted by Gasteiger charge is -2.34. The van der Waals surface area contributed by atoms with Gasteiger partial charge in [0.05, 0.1) is 6.42 Å². The van der Waals surface area contributed by atoms with Crippen LogP contribution in [0.4, 0.5) is 0 Å². The number of rotatable bonds is 3. The molecule has 6 heteroatoms. The number of H-pyrrole nitrogens is 1. The van der Waals surface area contributed by atoms with E-state index in [0.29, 0.717) is 38.3 Å². The Hall–Kier alpha value is -2.50. The van der Waals surface area contributed by atoms with Gasteiger partial charge in [0.25, 0.3) is 5.91 Å². The first-order chi connectivity index (χ1) is 10.6. The summed E-state index contributed by atoms with van der Waals surface area (Å²) in [6.07, 6.45) is 6.07. The molecule has 0 aliphatic carbocycles. The Kier molecular flexibility index (Phi) is 4.00. The number of hydrogen-bond donors (Lipinski definition) is 1. The minimum atomic E-state index is 0.000147. The van der Waals surface area contributed by atoms with E-state index in [0.717, 1.165) is 5.56 Å². The van der Waals surface area contributed by atoms with Gasteiger partial charge in [0.15, 0.2) is 0 Å². The molecule has 1 N–H and O–H groups in total. The minimum Gasteiger partial charge on any atom is -0.357 e. The predicted molar refractivity (Wildman–Crippen MR) is 82.4 cm³/mol. The number of aryl methyl sites for hydroxylation is 1. The van der Waals surface area contributed by atoms with E-state index in [1.165, 1.54) is 0 Å². The zero-order valence-corrected chi connectivity index (χ0v) is 12.7. The Bertz CT molecular complexity index is 652. The summed E-state index contributed by atoms with van der Waals surface area (Å²) < 4.78 is 1.94. The highest BCUT2D eigenvalue weighted by Gasteiger charge is 2.25. The quantitative estimate of drug-likeness (QED) is 0.915. The molecule has 22 heavy (non-hydrogen) atoms. The Morgan fingerprint density at radius 2 is 1.86 bits per heavy atom. The van der Waals surface area contributed by atoms with Gasteiger partial charge in [-0.3, -0.25) is 9.59 Å². The van der Waals surface area contributed by atoms with Crippen molar-refractivity contribution in [2.24, 2.45) is 7.05 Å². The maximum atomic E-state index is 12.3. The topological polar surface area (TPSA) is 61.3 Å². The lowest BCUT2D eigenvalue weighted by atomic mass is 10.2. The highest BCUT2D eigenvalue weighted by Crippen LogP contribution is 2.10. The first-order valence-corrected chi connectivity index (χ1v) is 7.45. The molecular weight excluding hydrogens is 280 g/mol. The summed E-state index contributed by atoms with van der Waals surface area (Å²) in [5.41, 5.74) is 1.63. The van der Waals surface area contributed by atoms with Crippen molar-refractivity contribution in [1.29, 1.82) is 0 Å². The molecule has 6 nitrogen and oxygen atoms in total. The largest absolute Gasteiger partial charge is 0.357 e. The van der Waals surface area contributed by atoms with E-state index in [9.17, 15) is 9.59 Å². The lowest BCUT2D eigenvalue weighted by Crippen LogP contribution is -2.51. The first kappa shape index (κ1) is 14.4. The molecule has 0 saturated carbocycles. The molecule has 2 aromatic rings. The van der Waals surface area contributed by atoms with E-state index in [1.807, 2.05) is 41.0 Å². The molecule has 0 bridgehead atoms. The summed E-state index contributed by atoms with van der Waals surface area (Å²) in [7, 11) is 1.94. The Labute approximate surface area is 129 Å². The maximum absolute atomic E-state index is 12.3. The lowest BCUT2D eigenvalue weighted by molar-refractivity contribution is -0.131. The minimum absolute atomic E-state index is 0.000147. The molecule has 3 rings (SSSR count). The molecule has 116 valence electrons. The van der Waals surface area contributed by atoms with Crippen molar-refractivity contribution in [1.82, 2.24) is 19.4 Å². The number of amides is 2. The third-order valence-corrected chi connectivity index (χ3v) is 4.00. The summed E-state index contributed by atoms with van der Waals surface area (Å²) in [6, 6.07) is 5.55. The van der Waals surface area contributed by atoms with Crippen LogP contribution >= 0.6 is 0 Å². The van der Waals surface area contributed by atoms with Crippen LogP contribution < -0.4 is 0 Å². The van der Waals surface area contributed by atoms with Crippen molar-refractivity contribution in [2.45, 2.75) is 6.42 Å². The van der Waals surface area contributed by atoms with Crippen molar-refractivity contribution < 1.29 is 9.59 Å². The number of hydrogen-bond acceptors (Lipinski definition) is 2. The second-order valence-corrected chi connectivity index (χ2v) is 5.62. The molecule has 0 unspecified atom stereocenters. The average Bonchev–Trinajstić information content (AvgIpc) is 3.18. The number of aromatic amines is 1. The average molecular weight is 300 g/mol. The molecule has 2 aromatic heterocycles. The van der Waals surface area contributed by atoms with E-state index in [4.69, 9.17) is 0 Å². The zero-order valence-electron chi connectivity index (χ0n) is 12.7. The van der Waals surface area contributed by atoms with Crippen LogP contribution in [-0.4, -0.2) is 57.3 Å². The van der Waals surface area contributed by atoms with Gasteiger partial charge in [-0.15, -0.1) is 0 Å². The van der Waals surface area contributed by atoms with Crippen molar-refractivity contribution in [3.05, 3.63) is 48.0 Å². The normalized spacial score (nSPS) is 15.1. The Morgan fingerprint density at radius 1 is 1.14 bits per heavy atom. The smallest absolute Gasteiger partial charge is 0.270 e. The number of nitrogens with one attached hydrogen (secondary N) is 1. The molecule has 0 atom stereocenters. The predicted octanol–water partition coefficient (Wildman–Crippen LogP) is 0.880. The molecule has 1 aliphatic heterocycles. The third-order valence-electron chi connectivity index (χ3n) is 4.00. The molecule has 0 aromatic carbocycles. The van der Waals surface area contributed by atoms with Crippen molar-refractivity contribution >= 4 is 11.8 Å². The second kappa shape index (κ2) is 6.09. The highest BCUT2D eigenvalue weighted by atomic mass is 16.2. The van der Waals surface area contributed by atoms with Crippen molar-refractivity contribution in [3.8, 4) is 0 Å². The zero-order chi connectivity index (χ0) is 15.5. The van der Waals surface area contributed by atoms with Gasteiger partial charge in [0, 0.05) is 51.8 Å². The highest BCUT2D eigenvalue weighted by molar-refractivity contribution is 5.92. The van der Waals surface area contributed by atoms with Gasteiger partial charge in [0.2, 0.25) is 5.91 Å². The number of carbonyl (C=O) groups excluding carboxylic acids is 2. The van der Waals surface area contributed by atoms with E-state index in [1.54, 1.807) is 17.2 Å². The number of piperazine rings is 1. The fourth-order valence-corrected chi connectivity index (χ4v) is 2.74. The van der Waals surface area contributed by atoms with E-state index in [-0.39, 0.29) is 11.8 Å². The molecule has 1 fully saturated rings. The van der Waals surface area contributed by atoms with Gasteiger partial charge in [-0.25, -0.2) is 0 Å². The van der Waals surface area contributed by atoms with E-state index < -0.39 is 0 Å². The SMILES string of the molecule is Cn1ccc(CC(=O)N2CCN(C(=O)c3ccc[nH]3)CC2)c1. The molecule has 0 spiro atoms. The standard InChI is InChI=1S/C16H20N4O2/c1-18-6-4-13(12-18)11-15(21)19-7-9-20(10-8-19)16(22)14-3-2-5-17-14/h2-6,12,17H,7-11H2,1H3. The van der Waals surface area contributed by atoms with E-state index >= 15 is 0 Å². The van der Waals surface area contributed by atoms with Crippen LogP contribution in [0.15, 0.2) is 36.8 Å². The maximum Gasteiger partial charge on any atom is 0.270 e. The van der Waals surface area contributed by atoms with Gasteiger partial charge in [-0.2, -0.15) is 0 Å². The fourth-order valence-electron chi connectivity index (χ4n) is 2.74. The second-order valence-electron chi connectivity index (χ2n) is 5.62. The first-order valence-electron chi connectivity index (χ1n) is 7.45. The number of nitrogens with zero attached hydrogens (tertiary/aromatic N) is 3. The molecule has 2 amide bonds. The number of aromatic nitrogens is 2. The molecule has 1 saturated heterocycles. The van der Waals surface area contributed by atoms with Crippen LogP contribution in [0.2, 0.25) is 0 Å². The van der Waals surface area contributed by atoms with Crippen LogP contribution in [0.1, 0.15) is 16.1 Å². The monoisotopic (exact) mass is 300 g/mol. The van der Waals surface area contributed by atoms with Crippen molar-refractivity contribution in [2.75, 3.05) is 26.2 Å². The molecule has 0 radical (unpaired) electrons. The van der Waals surface area contributed by atoms with Gasteiger partial charge >= 0.3 is 0 Å². The molecule has 1 aliphatic rings. The third kappa shape index (κ3) is 3.05. The molecule has 3 heterocycles. The summed E-state index contributed by atoms with van der Waals surface area (Å²) in [5, 5.41) is 0. The van der Waals surface area contributed by atoms with Crippen LogP contribution in [-0.2, 0) is 18.3 Å². The van der Waals surface area contributed by atoms with Gasteiger partial charge in [-0.05, 0) is 23.8 Å². The van der Waals surface area contributed by atoms with Crippen molar-refractivity contribution in [3.63, 3.8) is 0 Å². The van der Waals surface area contributed by atoms with E-state index in [2.05, 4.69) is 4.98 Å². The fraction of sp³-hybridized carbons (Fsp3) is 0.375. The summed E-state index contributed by atoms with van der Waals surface area (Å²) in [5.74, 6) is 0.123. The summed E-state index contributed by atoms with van der Waals surface area (Å²) >= 11 is 0. The van der Waals surface area contributed by atoms with Crippen LogP contribution in [0.3, 0.4) is 0 Å². The Balaban J connectivity index is 1.53. The summed E-state index contributed by atoms with van der Waals surface area (Å²) in [4.78, 5) is 31.1. The van der Waals surface area contributed by atoms with Gasteiger partial charge in [-0.1, -0.05) is 0 Å². The van der Waals surface area contributed by atoms with Crippen LogP contribution in [0.25, 0.3) is 0 Å². The van der Waals surface area contributed by atoms with Crippen LogP contribution in [0.5, 0.6) is 0 Å². The Morgan fingerprint density at radius 3 is 2.45 bits per heavy atom. The number of carbonyl (C=O) groups is 2. The molecular formula is C16H20N4O2. The summed E-state index contributed by atoms with van der Waals surface area (Å²) in [6.45, 7) is 2.35. The van der Waals surface area contributed by atoms with Crippen LogP contribution in [0, 0.1) is 0 Å². The van der Waals surface area contributed by atoms with Gasteiger partial charge < -0.3 is 19.4 Å². The van der Waals surface area contributed by atoms with Gasteiger partial charge in [0.1, 0.15) is 5.69 Å².